The quantitative estimate of drug-likeness (QED) is 0.717. The second-order valence-corrected chi connectivity index (χ2v) is 3.33. The number of benzene rings is 1. The van der Waals surface area contributed by atoms with Gasteiger partial charge in [0.05, 0.1) is 23.4 Å². The van der Waals surface area contributed by atoms with Crippen molar-refractivity contribution in [1.29, 1.82) is 5.26 Å². The van der Waals surface area contributed by atoms with Crippen molar-refractivity contribution in [3.05, 3.63) is 35.5 Å². The molecule has 0 aliphatic heterocycles. The maximum atomic E-state index is 10.6. The van der Waals surface area contributed by atoms with E-state index in [4.69, 9.17) is 5.26 Å². The number of rotatable bonds is 2. The summed E-state index contributed by atoms with van der Waals surface area (Å²) in [6, 6.07) is 8.90. The molecule has 0 fully saturated rings. The maximum Gasteiger partial charge on any atom is 0.171 e. The molecule has 5 heteroatoms. The lowest BCUT2D eigenvalue weighted by atomic mass is 10.1. The Kier molecular flexibility index (Phi) is 2.52. The number of aldehydes is 1. The number of aromatic nitrogens is 2. The van der Waals surface area contributed by atoms with Gasteiger partial charge in [-0.1, -0.05) is 12.1 Å². The molecule has 0 amide bonds. The normalized spacial score (nSPS) is 9.53. The van der Waals surface area contributed by atoms with Gasteiger partial charge in [-0.15, -0.1) is 0 Å². The third-order valence-electron chi connectivity index (χ3n) is 1.91. The molecule has 72 valence electrons. The number of nitrogens with zero attached hydrogens (tertiary/aromatic N) is 3. The minimum atomic E-state index is 0.338. The predicted molar refractivity (Wildman–Crippen MR) is 55.4 cm³/mol. The molecule has 0 atom stereocenters. The molecule has 0 aliphatic carbocycles. The average Bonchev–Trinajstić information content (AvgIpc) is 2.77. The van der Waals surface area contributed by atoms with E-state index in [2.05, 4.69) is 8.75 Å². The minimum Gasteiger partial charge on any atom is -0.296 e. The fraction of sp³-hybridized carbons (Fsp3) is 0. The fourth-order valence-electron chi connectivity index (χ4n) is 1.18. The molecule has 1 aromatic heterocycles. The highest BCUT2D eigenvalue weighted by Gasteiger charge is 2.08. The third kappa shape index (κ3) is 1.75. The van der Waals surface area contributed by atoms with Crippen LogP contribution in [0.2, 0.25) is 0 Å². The summed E-state index contributed by atoms with van der Waals surface area (Å²) in [4.78, 5) is 10.6. The van der Waals surface area contributed by atoms with Gasteiger partial charge in [0.15, 0.2) is 6.29 Å². The molecule has 2 rings (SSSR count). The number of carbonyl (C=O) groups is 1. The monoisotopic (exact) mass is 215 g/mol. The fourth-order valence-corrected chi connectivity index (χ4v) is 1.71. The first kappa shape index (κ1) is 9.49. The van der Waals surface area contributed by atoms with E-state index in [1.165, 1.54) is 0 Å². The Bertz CT molecular complexity index is 524. The minimum absolute atomic E-state index is 0.338. The lowest BCUT2D eigenvalue weighted by molar-refractivity contribution is 0.112. The molecule has 15 heavy (non-hydrogen) atoms. The van der Waals surface area contributed by atoms with Crippen molar-refractivity contribution in [2.75, 3.05) is 0 Å². The molecular weight excluding hydrogens is 210 g/mol. The van der Waals surface area contributed by atoms with Crippen molar-refractivity contribution in [1.82, 2.24) is 8.75 Å². The van der Waals surface area contributed by atoms with Crippen molar-refractivity contribution in [2.24, 2.45) is 0 Å². The summed E-state index contributed by atoms with van der Waals surface area (Å²) < 4.78 is 7.88. The highest BCUT2D eigenvalue weighted by molar-refractivity contribution is 6.99. The molecule has 0 N–H and O–H groups in total. The van der Waals surface area contributed by atoms with Crippen LogP contribution in [0.1, 0.15) is 16.1 Å². The Morgan fingerprint density at radius 2 is 2.00 bits per heavy atom. The molecule has 0 unspecified atom stereocenters. The molecule has 2 aromatic rings. The number of hydrogen-bond acceptors (Lipinski definition) is 5. The van der Waals surface area contributed by atoms with E-state index in [9.17, 15) is 4.79 Å². The predicted octanol–water partition coefficient (Wildman–Crippen LogP) is 1.89. The van der Waals surface area contributed by atoms with Gasteiger partial charge in [-0.2, -0.15) is 14.0 Å². The van der Waals surface area contributed by atoms with Gasteiger partial charge in [0.1, 0.15) is 11.4 Å². The summed E-state index contributed by atoms with van der Waals surface area (Å²) in [5.74, 6) is 0. The standard InChI is InChI=1S/C10H5N3OS/c11-5-7-1-3-8(4-2-7)10-9(6-14)12-15-13-10/h1-4,6H. The maximum absolute atomic E-state index is 10.6. The van der Waals surface area contributed by atoms with Crippen LogP contribution >= 0.6 is 11.7 Å². The molecule has 0 saturated heterocycles. The van der Waals surface area contributed by atoms with E-state index in [0.29, 0.717) is 23.2 Å². The van der Waals surface area contributed by atoms with E-state index >= 15 is 0 Å². The van der Waals surface area contributed by atoms with Crippen LogP contribution < -0.4 is 0 Å². The van der Waals surface area contributed by atoms with E-state index in [0.717, 1.165) is 17.3 Å². The molecule has 0 spiro atoms. The number of hydrogen-bond donors (Lipinski definition) is 0. The molecule has 4 nitrogen and oxygen atoms in total. The first-order valence-corrected chi connectivity index (χ1v) is 4.86. The van der Waals surface area contributed by atoms with Gasteiger partial charge in [-0.25, -0.2) is 0 Å². The van der Waals surface area contributed by atoms with Crippen molar-refractivity contribution in [3.63, 3.8) is 0 Å². The molecule has 0 bridgehead atoms. The van der Waals surface area contributed by atoms with Gasteiger partial charge in [-0.3, -0.25) is 4.79 Å². The summed E-state index contributed by atoms with van der Waals surface area (Å²) in [5.41, 5.74) is 2.28. The lowest BCUT2D eigenvalue weighted by Crippen LogP contribution is -1.85. The van der Waals surface area contributed by atoms with Gasteiger partial charge < -0.3 is 0 Å². The van der Waals surface area contributed by atoms with Gasteiger partial charge in [0.25, 0.3) is 0 Å². The molecule has 1 heterocycles. The Morgan fingerprint density at radius 1 is 1.27 bits per heavy atom. The summed E-state index contributed by atoms with van der Waals surface area (Å²) >= 11 is 0.999. The Hall–Kier alpha value is -2.06. The van der Waals surface area contributed by atoms with Gasteiger partial charge >= 0.3 is 0 Å². The van der Waals surface area contributed by atoms with Crippen molar-refractivity contribution >= 4 is 18.0 Å². The van der Waals surface area contributed by atoms with Crippen LogP contribution in [0.4, 0.5) is 0 Å². The van der Waals surface area contributed by atoms with E-state index in [1.54, 1.807) is 24.3 Å². The van der Waals surface area contributed by atoms with E-state index in [-0.39, 0.29) is 0 Å². The van der Waals surface area contributed by atoms with E-state index < -0.39 is 0 Å². The van der Waals surface area contributed by atoms with Crippen LogP contribution in [0.15, 0.2) is 24.3 Å². The zero-order valence-electron chi connectivity index (χ0n) is 7.54. The Balaban J connectivity index is 2.46. The first-order valence-electron chi connectivity index (χ1n) is 4.13. The summed E-state index contributed by atoms with van der Waals surface area (Å²) in [7, 11) is 0. The SMILES string of the molecule is N#Cc1ccc(-c2nsnc2C=O)cc1. The number of carbonyl (C=O) groups excluding carboxylic acids is 1. The Labute approximate surface area is 90.1 Å². The zero-order valence-corrected chi connectivity index (χ0v) is 8.36. The molecular formula is C10H5N3OS. The van der Waals surface area contributed by atoms with Gasteiger partial charge in [0.2, 0.25) is 0 Å². The molecule has 1 aromatic carbocycles. The van der Waals surface area contributed by atoms with Crippen LogP contribution in [0, 0.1) is 11.3 Å². The Morgan fingerprint density at radius 3 is 2.60 bits per heavy atom. The van der Waals surface area contributed by atoms with Gasteiger partial charge in [0, 0.05) is 5.56 Å². The second-order valence-electron chi connectivity index (χ2n) is 2.81. The topological polar surface area (TPSA) is 66.6 Å². The molecule has 0 aliphatic rings. The van der Waals surface area contributed by atoms with Crippen molar-refractivity contribution in [3.8, 4) is 17.3 Å². The smallest absolute Gasteiger partial charge is 0.171 e. The average molecular weight is 215 g/mol. The summed E-state index contributed by atoms with van der Waals surface area (Å²) in [6.07, 6.45) is 0.678. The van der Waals surface area contributed by atoms with Crippen molar-refractivity contribution in [2.45, 2.75) is 0 Å². The summed E-state index contributed by atoms with van der Waals surface area (Å²) in [6.45, 7) is 0. The van der Waals surface area contributed by atoms with Crippen LogP contribution in [0.25, 0.3) is 11.3 Å². The third-order valence-corrected chi connectivity index (χ3v) is 2.46. The summed E-state index contributed by atoms with van der Waals surface area (Å²) in [5, 5.41) is 8.63. The zero-order chi connectivity index (χ0) is 10.7. The highest BCUT2D eigenvalue weighted by Crippen LogP contribution is 2.20. The van der Waals surface area contributed by atoms with Crippen LogP contribution in [0.3, 0.4) is 0 Å². The largest absolute Gasteiger partial charge is 0.296 e. The van der Waals surface area contributed by atoms with Crippen LogP contribution in [-0.4, -0.2) is 15.0 Å². The first-order chi connectivity index (χ1) is 7.35. The molecule has 0 radical (unpaired) electrons. The van der Waals surface area contributed by atoms with Crippen LogP contribution in [-0.2, 0) is 0 Å². The number of nitriles is 1. The van der Waals surface area contributed by atoms with E-state index in [1.807, 2.05) is 6.07 Å². The highest BCUT2D eigenvalue weighted by atomic mass is 32.1. The van der Waals surface area contributed by atoms with Crippen molar-refractivity contribution < 1.29 is 4.79 Å². The molecule has 0 saturated carbocycles. The lowest BCUT2D eigenvalue weighted by Gasteiger charge is -1.96. The second kappa shape index (κ2) is 3.98. The van der Waals surface area contributed by atoms with Gasteiger partial charge in [-0.05, 0) is 12.1 Å². The van der Waals surface area contributed by atoms with Crippen LogP contribution in [0.5, 0.6) is 0 Å².